The summed E-state index contributed by atoms with van der Waals surface area (Å²) in [5.74, 6) is -0.173. The lowest BCUT2D eigenvalue weighted by atomic mass is 10.1. The second kappa shape index (κ2) is 4.29. The maximum atomic E-state index is 12.0. The molecule has 0 fully saturated rings. The number of nitrogens with one attached hydrogen (secondary N) is 2. The Kier molecular flexibility index (Phi) is 2.49. The van der Waals surface area contributed by atoms with E-state index in [4.69, 9.17) is 0 Å². The molecule has 5 nitrogen and oxygen atoms in total. The summed E-state index contributed by atoms with van der Waals surface area (Å²) in [5.41, 5.74) is 2.19. The van der Waals surface area contributed by atoms with Crippen LogP contribution >= 0.6 is 0 Å². The number of rotatable bonds is 2. The van der Waals surface area contributed by atoms with Crippen LogP contribution < -0.4 is 5.32 Å². The highest BCUT2D eigenvalue weighted by atomic mass is 16.1. The molecule has 0 spiro atoms. The average molecular weight is 238 g/mol. The number of H-pyrrole nitrogens is 1. The maximum absolute atomic E-state index is 12.0. The molecule has 88 valence electrons. The highest BCUT2D eigenvalue weighted by molar-refractivity contribution is 6.06. The lowest BCUT2D eigenvalue weighted by Gasteiger charge is -2.04. The zero-order valence-corrected chi connectivity index (χ0v) is 9.42. The minimum Gasteiger partial charge on any atom is -0.361 e. The van der Waals surface area contributed by atoms with Crippen LogP contribution in [0.3, 0.4) is 0 Å². The Bertz CT molecular complexity index is 690. The molecule has 3 aromatic rings. The molecule has 0 unspecified atom stereocenters. The van der Waals surface area contributed by atoms with Crippen molar-refractivity contribution in [3.05, 3.63) is 54.7 Å². The van der Waals surface area contributed by atoms with Gasteiger partial charge in [0.05, 0.1) is 18.1 Å². The predicted octanol–water partition coefficient (Wildman–Crippen LogP) is 2.21. The molecule has 0 atom stereocenters. The number of aromatic amines is 1. The van der Waals surface area contributed by atoms with Gasteiger partial charge < -0.3 is 10.3 Å². The summed E-state index contributed by atoms with van der Waals surface area (Å²) in [6.07, 6.45) is 6.37. The quantitative estimate of drug-likeness (QED) is 0.719. The Morgan fingerprint density at radius 1 is 1.17 bits per heavy atom. The molecular weight excluding hydrogens is 228 g/mol. The van der Waals surface area contributed by atoms with Crippen LogP contribution in [0.5, 0.6) is 0 Å². The van der Waals surface area contributed by atoms with Crippen molar-refractivity contribution in [1.29, 1.82) is 0 Å². The van der Waals surface area contributed by atoms with Gasteiger partial charge in [-0.15, -0.1) is 0 Å². The van der Waals surface area contributed by atoms with Crippen molar-refractivity contribution in [2.45, 2.75) is 0 Å². The predicted molar refractivity (Wildman–Crippen MR) is 68.3 cm³/mol. The second-order valence-electron chi connectivity index (χ2n) is 3.86. The Morgan fingerprint density at radius 3 is 2.83 bits per heavy atom. The Hall–Kier alpha value is -2.69. The fourth-order valence-corrected chi connectivity index (χ4v) is 1.76. The van der Waals surface area contributed by atoms with Crippen molar-refractivity contribution in [3.8, 4) is 0 Å². The third kappa shape index (κ3) is 1.93. The van der Waals surface area contributed by atoms with E-state index in [2.05, 4.69) is 20.3 Å². The molecule has 0 aliphatic rings. The normalized spacial score (nSPS) is 10.4. The molecule has 0 saturated carbocycles. The van der Waals surface area contributed by atoms with Gasteiger partial charge in [0.1, 0.15) is 6.33 Å². The molecule has 5 heteroatoms. The van der Waals surface area contributed by atoms with Gasteiger partial charge in [-0.2, -0.15) is 0 Å². The molecule has 0 radical (unpaired) electrons. The van der Waals surface area contributed by atoms with E-state index in [1.165, 1.54) is 6.33 Å². The summed E-state index contributed by atoms with van der Waals surface area (Å²) < 4.78 is 0. The largest absolute Gasteiger partial charge is 0.361 e. The van der Waals surface area contributed by atoms with Crippen molar-refractivity contribution >= 4 is 22.5 Å². The van der Waals surface area contributed by atoms with Gasteiger partial charge in [-0.05, 0) is 24.3 Å². The monoisotopic (exact) mass is 238 g/mol. The van der Waals surface area contributed by atoms with Crippen LogP contribution in [0.2, 0.25) is 0 Å². The number of aromatic nitrogens is 3. The molecule has 18 heavy (non-hydrogen) atoms. The van der Waals surface area contributed by atoms with Gasteiger partial charge in [-0.1, -0.05) is 0 Å². The second-order valence-corrected chi connectivity index (χ2v) is 3.86. The third-order valence-corrected chi connectivity index (χ3v) is 2.63. The lowest BCUT2D eigenvalue weighted by Crippen LogP contribution is -2.11. The summed E-state index contributed by atoms with van der Waals surface area (Å²) >= 11 is 0. The number of carbonyl (C=O) groups is 1. The SMILES string of the molecule is O=C(Nc1cncnc1)c1ccc2[nH]ccc2c1. The standard InChI is InChI=1S/C13H10N4O/c18-13(17-11-6-14-8-15-7-11)10-1-2-12-9(5-10)3-4-16-12/h1-8,16H,(H,17,18). The van der Waals surface area contributed by atoms with Gasteiger partial charge in [0.2, 0.25) is 0 Å². The van der Waals surface area contributed by atoms with Crippen LogP contribution in [0, 0.1) is 0 Å². The average Bonchev–Trinajstić information content (AvgIpc) is 2.87. The van der Waals surface area contributed by atoms with E-state index >= 15 is 0 Å². The molecule has 1 aromatic carbocycles. The molecular formula is C13H10N4O. The van der Waals surface area contributed by atoms with Crippen molar-refractivity contribution in [1.82, 2.24) is 15.0 Å². The summed E-state index contributed by atoms with van der Waals surface area (Å²) in [4.78, 5) is 22.8. The summed E-state index contributed by atoms with van der Waals surface area (Å²) in [7, 11) is 0. The number of anilines is 1. The van der Waals surface area contributed by atoms with Gasteiger partial charge in [0, 0.05) is 22.7 Å². The van der Waals surface area contributed by atoms with Crippen LogP contribution in [0.1, 0.15) is 10.4 Å². The highest BCUT2D eigenvalue weighted by Crippen LogP contribution is 2.15. The van der Waals surface area contributed by atoms with E-state index in [9.17, 15) is 4.79 Å². The van der Waals surface area contributed by atoms with Crippen LogP contribution in [-0.4, -0.2) is 20.9 Å². The van der Waals surface area contributed by atoms with Crippen molar-refractivity contribution < 1.29 is 4.79 Å². The molecule has 0 aliphatic heterocycles. The lowest BCUT2D eigenvalue weighted by molar-refractivity contribution is 0.102. The van der Waals surface area contributed by atoms with Crippen LogP contribution in [0.4, 0.5) is 5.69 Å². The molecule has 0 aliphatic carbocycles. The number of amides is 1. The number of carbonyl (C=O) groups excluding carboxylic acids is 1. The molecule has 1 amide bonds. The van der Waals surface area contributed by atoms with E-state index in [1.54, 1.807) is 18.5 Å². The Balaban J connectivity index is 1.87. The minimum absolute atomic E-state index is 0.173. The molecule has 2 heterocycles. The first-order valence-corrected chi connectivity index (χ1v) is 5.46. The van der Waals surface area contributed by atoms with Crippen LogP contribution in [-0.2, 0) is 0 Å². The van der Waals surface area contributed by atoms with E-state index in [-0.39, 0.29) is 5.91 Å². The van der Waals surface area contributed by atoms with E-state index in [0.29, 0.717) is 11.3 Å². The zero-order chi connectivity index (χ0) is 12.4. The first kappa shape index (κ1) is 10.5. The van der Waals surface area contributed by atoms with Gasteiger partial charge in [0.25, 0.3) is 5.91 Å². The topological polar surface area (TPSA) is 70.7 Å². The fourth-order valence-electron chi connectivity index (χ4n) is 1.76. The molecule has 2 aromatic heterocycles. The maximum Gasteiger partial charge on any atom is 0.255 e. The minimum atomic E-state index is -0.173. The summed E-state index contributed by atoms with van der Waals surface area (Å²) in [5, 5.41) is 3.75. The van der Waals surface area contributed by atoms with Gasteiger partial charge in [0.15, 0.2) is 0 Å². The Morgan fingerprint density at radius 2 is 2.00 bits per heavy atom. The van der Waals surface area contributed by atoms with Crippen molar-refractivity contribution in [3.63, 3.8) is 0 Å². The number of hydrogen-bond donors (Lipinski definition) is 2. The molecule has 3 rings (SSSR count). The summed E-state index contributed by atoms with van der Waals surface area (Å²) in [6.45, 7) is 0. The van der Waals surface area contributed by atoms with Gasteiger partial charge in [-0.3, -0.25) is 4.79 Å². The number of nitrogens with zero attached hydrogens (tertiary/aromatic N) is 2. The van der Waals surface area contributed by atoms with E-state index in [1.807, 2.05) is 24.4 Å². The number of benzene rings is 1. The van der Waals surface area contributed by atoms with Gasteiger partial charge >= 0.3 is 0 Å². The zero-order valence-electron chi connectivity index (χ0n) is 9.42. The van der Waals surface area contributed by atoms with E-state index < -0.39 is 0 Å². The van der Waals surface area contributed by atoms with Crippen LogP contribution in [0.25, 0.3) is 10.9 Å². The number of fused-ring (bicyclic) bond motifs is 1. The van der Waals surface area contributed by atoms with E-state index in [0.717, 1.165) is 10.9 Å². The Labute approximate surface area is 103 Å². The fraction of sp³-hybridized carbons (Fsp3) is 0. The smallest absolute Gasteiger partial charge is 0.255 e. The van der Waals surface area contributed by atoms with Crippen molar-refractivity contribution in [2.24, 2.45) is 0 Å². The first-order valence-electron chi connectivity index (χ1n) is 5.46. The first-order chi connectivity index (χ1) is 8.83. The molecule has 2 N–H and O–H groups in total. The molecule has 0 saturated heterocycles. The van der Waals surface area contributed by atoms with Crippen molar-refractivity contribution in [2.75, 3.05) is 5.32 Å². The number of hydrogen-bond acceptors (Lipinski definition) is 3. The molecule has 0 bridgehead atoms. The summed E-state index contributed by atoms with van der Waals surface area (Å²) in [6, 6.07) is 7.42. The third-order valence-electron chi connectivity index (χ3n) is 2.63. The van der Waals surface area contributed by atoms with Crippen LogP contribution in [0.15, 0.2) is 49.2 Å². The van der Waals surface area contributed by atoms with Gasteiger partial charge in [-0.25, -0.2) is 9.97 Å². The highest BCUT2D eigenvalue weighted by Gasteiger charge is 2.07.